The first-order chi connectivity index (χ1) is 10.0. The van der Waals surface area contributed by atoms with Crippen molar-refractivity contribution in [2.24, 2.45) is 11.8 Å². The molecule has 3 nitrogen and oxygen atoms in total. The number of halogens is 1. The lowest BCUT2D eigenvalue weighted by Gasteiger charge is -2.27. The molecule has 2 saturated carbocycles. The van der Waals surface area contributed by atoms with Crippen LogP contribution < -0.4 is 15.4 Å². The zero-order chi connectivity index (χ0) is 15.0. The molecule has 0 atom stereocenters. The van der Waals surface area contributed by atoms with Gasteiger partial charge in [-0.1, -0.05) is 0 Å². The van der Waals surface area contributed by atoms with Gasteiger partial charge in [0.05, 0.1) is 17.5 Å². The summed E-state index contributed by atoms with van der Waals surface area (Å²) in [4.78, 5) is 2.34. The summed E-state index contributed by atoms with van der Waals surface area (Å²) in [7, 11) is 0. The van der Waals surface area contributed by atoms with Crippen LogP contribution in [0.3, 0.4) is 0 Å². The van der Waals surface area contributed by atoms with Crippen LogP contribution in [0, 0.1) is 17.7 Å². The summed E-state index contributed by atoms with van der Waals surface area (Å²) in [5.41, 5.74) is 7.53. The monoisotopic (exact) mass is 292 g/mol. The number of anilines is 2. The molecule has 2 aliphatic carbocycles. The van der Waals surface area contributed by atoms with Crippen LogP contribution in [-0.4, -0.2) is 19.2 Å². The zero-order valence-electron chi connectivity index (χ0n) is 12.9. The predicted molar refractivity (Wildman–Crippen MR) is 84.2 cm³/mol. The molecule has 0 aromatic heterocycles. The van der Waals surface area contributed by atoms with Crippen molar-refractivity contribution in [3.8, 4) is 5.75 Å². The smallest absolute Gasteiger partial charge is 0.167 e. The molecule has 1 aromatic rings. The van der Waals surface area contributed by atoms with Crippen LogP contribution in [0.4, 0.5) is 15.8 Å². The molecular formula is C17H25FN2O. The SMILES string of the molecule is CC(C)Oc1cc(N(CC2CC2)CC2CC2)c(N)cc1F. The molecule has 0 amide bonds. The maximum Gasteiger partial charge on any atom is 0.167 e. The summed E-state index contributed by atoms with van der Waals surface area (Å²) < 4.78 is 19.6. The van der Waals surface area contributed by atoms with Gasteiger partial charge >= 0.3 is 0 Å². The highest BCUT2D eigenvalue weighted by atomic mass is 19.1. The van der Waals surface area contributed by atoms with Crippen molar-refractivity contribution >= 4 is 11.4 Å². The Labute approximate surface area is 126 Å². The number of ether oxygens (including phenoxy) is 1. The van der Waals surface area contributed by atoms with Crippen LogP contribution in [0.15, 0.2) is 12.1 Å². The fourth-order valence-corrected chi connectivity index (χ4v) is 2.67. The third-order valence-electron chi connectivity index (χ3n) is 4.14. The van der Waals surface area contributed by atoms with E-state index in [9.17, 15) is 4.39 Å². The van der Waals surface area contributed by atoms with Crippen molar-refractivity contribution in [2.45, 2.75) is 45.6 Å². The first-order valence-electron chi connectivity index (χ1n) is 8.03. The Bertz CT molecular complexity index is 496. The maximum absolute atomic E-state index is 14.0. The standard InChI is InChI=1S/C17H25FN2O/c1-11(2)21-17-8-16(15(19)7-14(17)18)20(9-12-3-4-12)10-13-5-6-13/h7-8,11-13H,3-6,9-10,19H2,1-2H3. The number of benzene rings is 1. The fourth-order valence-electron chi connectivity index (χ4n) is 2.67. The van der Waals surface area contributed by atoms with Crippen LogP contribution in [0.5, 0.6) is 5.75 Å². The minimum atomic E-state index is -0.372. The lowest BCUT2D eigenvalue weighted by atomic mass is 10.2. The minimum absolute atomic E-state index is 0.0451. The molecule has 0 saturated heterocycles. The van der Waals surface area contributed by atoms with Crippen molar-refractivity contribution in [1.29, 1.82) is 0 Å². The average molecular weight is 292 g/mol. The quantitative estimate of drug-likeness (QED) is 0.776. The number of nitrogen functional groups attached to an aromatic ring is 1. The van der Waals surface area contributed by atoms with Crippen molar-refractivity contribution in [3.63, 3.8) is 0 Å². The Hall–Kier alpha value is -1.45. The Balaban J connectivity index is 1.84. The van der Waals surface area contributed by atoms with Crippen LogP contribution in [0.25, 0.3) is 0 Å². The van der Waals surface area contributed by atoms with Crippen molar-refractivity contribution < 1.29 is 9.13 Å². The van der Waals surface area contributed by atoms with Gasteiger partial charge in [0.25, 0.3) is 0 Å². The van der Waals surface area contributed by atoms with Crippen LogP contribution in [-0.2, 0) is 0 Å². The lowest BCUT2D eigenvalue weighted by molar-refractivity contribution is 0.231. The summed E-state index contributed by atoms with van der Waals surface area (Å²) in [5.74, 6) is 1.50. The van der Waals surface area contributed by atoms with Crippen molar-refractivity contribution in [1.82, 2.24) is 0 Å². The molecule has 0 radical (unpaired) electrons. The second kappa shape index (κ2) is 5.74. The first kappa shape index (κ1) is 14.5. The second-order valence-corrected chi connectivity index (χ2v) is 6.80. The average Bonchev–Trinajstić information content (AvgIpc) is 3.26. The highest BCUT2D eigenvalue weighted by Crippen LogP contribution is 2.39. The third-order valence-corrected chi connectivity index (χ3v) is 4.14. The van der Waals surface area contributed by atoms with Gasteiger partial charge in [-0.2, -0.15) is 0 Å². The molecule has 2 aliphatic rings. The van der Waals surface area contributed by atoms with E-state index in [1.54, 1.807) is 6.07 Å². The van der Waals surface area contributed by atoms with E-state index >= 15 is 0 Å². The van der Waals surface area contributed by atoms with Gasteiger partial charge in [-0.15, -0.1) is 0 Å². The van der Waals surface area contributed by atoms with E-state index in [0.29, 0.717) is 11.4 Å². The number of hydrogen-bond donors (Lipinski definition) is 1. The van der Waals surface area contributed by atoms with Gasteiger partial charge in [-0.3, -0.25) is 0 Å². The summed E-state index contributed by atoms with van der Waals surface area (Å²) in [5, 5.41) is 0. The lowest BCUT2D eigenvalue weighted by Crippen LogP contribution is -2.29. The van der Waals surface area contributed by atoms with Crippen molar-refractivity contribution in [2.75, 3.05) is 23.7 Å². The second-order valence-electron chi connectivity index (χ2n) is 6.80. The van der Waals surface area contributed by atoms with Crippen LogP contribution >= 0.6 is 0 Å². The zero-order valence-corrected chi connectivity index (χ0v) is 12.9. The van der Waals surface area contributed by atoms with Gasteiger partial charge in [-0.05, 0) is 51.4 Å². The molecule has 0 unspecified atom stereocenters. The molecule has 2 N–H and O–H groups in total. The summed E-state index contributed by atoms with van der Waals surface area (Å²) >= 11 is 0. The number of nitrogens with zero attached hydrogens (tertiary/aromatic N) is 1. The van der Waals surface area contributed by atoms with Crippen molar-refractivity contribution in [3.05, 3.63) is 17.9 Å². The highest BCUT2D eigenvalue weighted by molar-refractivity contribution is 5.70. The van der Waals surface area contributed by atoms with E-state index in [1.165, 1.54) is 31.7 Å². The largest absolute Gasteiger partial charge is 0.488 e. The molecule has 1 aromatic carbocycles. The molecule has 21 heavy (non-hydrogen) atoms. The molecule has 0 aliphatic heterocycles. The summed E-state index contributed by atoms with van der Waals surface area (Å²) in [6.45, 7) is 5.88. The van der Waals surface area contributed by atoms with Gasteiger partial charge in [0.1, 0.15) is 0 Å². The number of rotatable bonds is 7. The molecule has 116 valence electrons. The Morgan fingerprint density at radius 2 is 1.76 bits per heavy atom. The van der Waals surface area contributed by atoms with Crippen LogP contribution in [0.1, 0.15) is 39.5 Å². The molecular weight excluding hydrogens is 267 g/mol. The van der Waals surface area contributed by atoms with E-state index in [1.807, 2.05) is 13.8 Å². The van der Waals surface area contributed by atoms with E-state index in [2.05, 4.69) is 4.90 Å². The third kappa shape index (κ3) is 3.80. The fraction of sp³-hybridized carbons (Fsp3) is 0.647. The van der Waals surface area contributed by atoms with Gasteiger partial charge in [0.15, 0.2) is 11.6 Å². The van der Waals surface area contributed by atoms with E-state index in [0.717, 1.165) is 30.6 Å². The number of hydrogen-bond acceptors (Lipinski definition) is 3. The van der Waals surface area contributed by atoms with Crippen LogP contribution in [0.2, 0.25) is 0 Å². The molecule has 0 heterocycles. The minimum Gasteiger partial charge on any atom is -0.488 e. The maximum atomic E-state index is 14.0. The van der Waals surface area contributed by atoms with E-state index in [-0.39, 0.29) is 11.9 Å². The molecule has 0 bridgehead atoms. The summed E-state index contributed by atoms with van der Waals surface area (Å²) in [6.07, 6.45) is 5.17. The first-order valence-corrected chi connectivity index (χ1v) is 8.03. The molecule has 2 fully saturated rings. The molecule has 3 rings (SSSR count). The van der Waals surface area contributed by atoms with Gasteiger partial charge in [-0.25, -0.2) is 4.39 Å². The molecule has 0 spiro atoms. The topological polar surface area (TPSA) is 38.5 Å². The van der Waals surface area contributed by atoms with E-state index < -0.39 is 0 Å². The molecule has 4 heteroatoms. The van der Waals surface area contributed by atoms with E-state index in [4.69, 9.17) is 10.5 Å². The Morgan fingerprint density at radius 1 is 1.19 bits per heavy atom. The van der Waals surface area contributed by atoms with Gasteiger partial charge in [0.2, 0.25) is 0 Å². The predicted octanol–water partition coefficient (Wildman–Crippen LogP) is 3.82. The van der Waals surface area contributed by atoms with Gasteiger partial charge in [0, 0.05) is 25.2 Å². The Morgan fingerprint density at radius 3 is 2.24 bits per heavy atom. The van der Waals surface area contributed by atoms with Gasteiger partial charge < -0.3 is 15.4 Å². The summed E-state index contributed by atoms with van der Waals surface area (Å²) in [6, 6.07) is 3.19. The highest BCUT2D eigenvalue weighted by Gasteiger charge is 2.30. The normalized spacial score (nSPS) is 18.1. The Kier molecular flexibility index (Phi) is 3.96. The number of nitrogens with two attached hydrogens (primary N) is 1.